The third-order valence-electron chi connectivity index (χ3n) is 7.10. The highest BCUT2D eigenvalue weighted by Gasteiger charge is 2.33. The van der Waals surface area contributed by atoms with Crippen LogP contribution in [0.1, 0.15) is 57.2 Å². The van der Waals surface area contributed by atoms with Crippen LogP contribution >= 0.6 is 0 Å². The summed E-state index contributed by atoms with van der Waals surface area (Å²) >= 11 is 0. The maximum atomic E-state index is 13.2. The monoisotopic (exact) mass is 560 g/mol. The summed E-state index contributed by atoms with van der Waals surface area (Å²) in [5, 5.41) is 15.5. The van der Waals surface area contributed by atoms with E-state index in [0.717, 1.165) is 62.5 Å². The van der Waals surface area contributed by atoms with Gasteiger partial charge in [-0.25, -0.2) is 18.6 Å². The number of aryl methyl sites for hydroxylation is 2. The van der Waals surface area contributed by atoms with Crippen LogP contribution < -0.4 is 15.4 Å². The number of para-hydroxylation sites is 1. The Morgan fingerprint density at radius 1 is 1.12 bits per heavy atom. The van der Waals surface area contributed by atoms with Crippen molar-refractivity contribution in [1.29, 1.82) is 0 Å². The summed E-state index contributed by atoms with van der Waals surface area (Å²) in [6.07, 6.45) is 1.84. The number of anilines is 1. The predicted octanol–water partition coefficient (Wildman–Crippen LogP) is 4.78. The largest absolute Gasteiger partial charge is 0.492 e. The smallest absolute Gasteiger partial charge is 0.326 e. The lowest BCUT2D eigenvalue weighted by molar-refractivity contribution is -0.142. The number of rotatable bonds is 17. The SMILES string of the molecule is CC(C)(CC(=O)N[C@@H](CCN(CCCCc1ccc2c(n1)NCCC2)CCOc1ccccc1)C(=O)O)C(F)F. The number of nitrogens with one attached hydrogen (secondary N) is 2. The van der Waals surface area contributed by atoms with Gasteiger partial charge in [-0.15, -0.1) is 0 Å². The molecule has 0 saturated heterocycles. The highest BCUT2D eigenvalue weighted by molar-refractivity contribution is 5.83. The van der Waals surface area contributed by atoms with E-state index in [4.69, 9.17) is 9.72 Å². The van der Waals surface area contributed by atoms with E-state index >= 15 is 0 Å². The molecular weight excluding hydrogens is 518 g/mol. The Morgan fingerprint density at radius 2 is 1.90 bits per heavy atom. The van der Waals surface area contributed by atoms with Crippen LogP contribution in [0.3, 0.4) is 0 Å². The lowest BCUT2D eigenvalue weighted by atomic mass is 9.89. The van der Waals surface area contributed by atoms with Crippen molar-refractivity contribution < 1.29 is 28.2 Å². The molecule has 1 amide bonds. The van der Waals surface area contributed by atoms with Crippen LogP contribution in [0.4, 0.5) is 14.6 Å². The number of aliphatic carboxylic acids is 1. The van der Waals surface area contributed by atoms with E-state index in [1.165, 1.54) is 19.4 Å². The fraction of sp³-hybridized carbons (Fsp3) is 0.567. The average Bonchev–Trinajstić information content (AvgIpc) is 2.92. The molecule has 2 heterocycles. The number of ether oxygens (including phenoxy) is 1. The minimum Gasteiger partial charge on any atom is -0.492 e. The van der Waals surface area contributed by atoms with Gasteiger partial charge in [0.15, 0.2) is 0 Å². The Labute approximate surface area is 235 Å². The van der Waals surface area contributed by atoms with E-state index in [2.05, 4.69) is 27.7 Å². The molecule has 0 radical (unpaired) electrons. The van der Waals surface area contributed by atoms with E-state index < -0.39 is 36.2 Å². The molecule has 0 unspecified atom stereocenters. The summed E-state index contributed by atoms with van der Waals surface area (Å²) in [4.78, 5) is 31.1. The number of hydrogen-bond acceptors (Lipinski definition) is 6. The van der Waals surface area contributed by atoms with Crippen molar-refractivity contribution in [2.24, 2.45) is 5.41 Å². The van der Waals surface area contributed by atoms with Crippen molar-refractivity contribution in [2.75, 3.05) is 38.1 Å². The minimum atomic E-state index is -2.69. The maximum absolute atomic E-state index is 13.2. The first-order valence-corrected chi connectivity index (χ1v) is 14.1. The second-order valence-electron chi connectivity index (χ2n) is 11.0. The van der Waals surface area contributed by atoms with Crippen LogP contribution in [-0.2, 0) is 22.4 Å². The number of benzene rings is 1. The predicted molar refractivity (Wildman–Crippen MR) is 151 cm³/mol. The van der Waals surface area contributed by atoms with Crippen molar-refractivity contribution in [3.8, 4) is 5.75 Å². The molecule has 1 aromatic heterocycles. The summed E-state index contributed by atoms with van der Waals surface area (Å²) in [5.74, 6) is -0.131. The molecule has 8 nitrogen and oxygen atoms in total. The number of amides is 1. The lowest BCUT2D eigenvalue weighted by Gasteiger charge is -2.26. The van der Waals surface area contributed by atoms with Crippen molar-refractivity contribution in [2.45, 2.75) is 71.3 Å². The number of unbranched alkanes of at least 4 members (excludes halogenated alkanes) is 1. The standard InChI is InChI=1S/C30H42F2N4O4/c1-30(2,29(31)32)21-26(37)35-25(28(38)39)15-18-36(19-20-40-24-11-4-3-5-12-24)17-7-6-10-23-14-13-22-9-8-16-33-27(22)34-23/h3-5,11-14,25,29H,6-10,15-21H2,1-2H3,(H,33,34)(H,35,37)(H,38,39)/t25-/m0/s1. The van der Waals surface area contributed by atoms with Gasteiger partial charge < -0.3 is 20.5 Å². The molecule has 0 fully saturated rings. The van der Waals surface area contributed by atoms with E-state index in [1.54, 1.807) is 0 Å². The summed E-state index contributed by atoms with van der Waals surface area (Å²) in [5.41, 5.74) is 0.779. The molecule has 40 heavy (non-hydrogen) atoms. The molecule has 10 heteroatoms. The summed E-state index contributed by atoms with van der Waals surface area (Å²) < 4.78 is 32.2. The topological polar surface area (TPSA) is 104 Å². The Balaban J connectivity index is 1.52. The summed E-state index contributed by atoms with van der Waals surface area (Å²) in [7, 11) is 0. The van der Waals surface area contributed by atoms with Gasteiger partial charge in [-0.2, -0.15) is 0 Å². The van der Waals surface area contributed by atoms with Gasteiger partial charge in [-0.1, -0.05) is 38.1 Å². The molecule has 0 aliphatic carbocycles. The van der Waals surface area contributed by atoms with Crippen LogP contribution in [0.5, 0.6) is 5.75 Å². The number of hydrogen-bond donors (Lipinski definition) is 3. The molecule has 0 spiro atoms. The number of aromatic nitrogens is 1. The average molecular weight is 561 g/mol. The van der Waals surface area contributed by atoms with Crippen LogP contribution in [0.2, 0.25) is 0 Å². The molecule has 2 aromatic rings. The highest BCUT2D eigenvalue weighted by atomic mass is 19.3. The highest BCUT2D eigenvalue weighted by Crippen LogP contribution is 2.28. The molecule has 0 saturated carbocycles. The number of carbonyl (C=O) groups is 2. The number of carboxylic acids is 1. The van der Waals surface area contributed by atoms with Gasteiger partial charge in [0, 0.05) is 37.2 Å². The zero-order valence-electron chi connectivity index (χ0n) is 23.5. The molecule has 1 aliphatic rings. The first-order chi connectivity index (χ1) is 19.1. The number of carbonyl (C=O) groups excluding carboxylic acids is 1. The van der Waals surface area contributed by atoms with Crippen molar-refractivity contribution in [3.05, 3.63) is 53.7 Å². The number of nitrogens with zero attached hydrogens (tertiary/aromatic N) is 2. The first-order valence-electron chi connectivity index (χ1n) is 14.1. The van der Waals surface area contributed by atoms with Crippen LogP contribution in [-0.4, -0.2) is 72.1 Å². The first kappa shape index (κ1) is 31.3. The van der Waals surface area contributed by atoms with Gasteiger partial charge in [0.05, 0.1) is 0 Å². The molecule has 1 atom stereocenters. The number of alkyl halides is 2. The van der Waals surface area contributed by atoms with E-state index in [-0.39, 0.29) is 6.42 Å². The number of fused-ring (bicyclic) bond motifs is 1. The number of halogens is 2. The zero-order chi connectivity index (χ0) is 29.0. The maximum Gasteiger partial charge on any atom is 0.326 e. The minimum absolute atomic E-state index is 0.152. The fourth-order valence-corrected chi connectivity index (χ4v) is 4.60. The molecule has 220 valence electrons. The molecule has 3 rings (SSSR count). The Bertz CT molecular complexity index is 1080. The number of carboxylic acid groups (broad SMARTS) is 1. The molecular formula is C30H42F2N4O4. The van der Waals surface area contributed by atoms with Gasteiger partial charge in [0.2, 0.25) is 12.3 Å². The Morgan fingerprint density at radius 3 is 2.62 bits per heavy atom. The van der Waals surface area contributed by atoms with E-state index in [0.29, 0.717) is 19.7 Å². The third kappa shape index (κ3) is 10.4. The van der Waals surface area contributed by atoms with Crippen molar-refractivity contribution in [1.82, 2.24) is 15.2 Å². The van der Waals surface area contributed by atoms with Crippen molar-refractivity contribution >= 4 is 17.7 Å². The number of pyridine rings is 1. The lowest BCUT2D eigenvalue weighted by Crippen LogP contribution is -2.45. The van der Waals surface area contributed by atoms with Crippen LogP contribution in [0.25, 0.3) is 0 Å². The van der Waals surface area contributed by atoms with Gasteiger partial charge in [-0.05, 0) is 68.8 Å². The van der Waals surface area contributed by atoms with E-state index in [9.17, 15) is 23.5 Å². The molecule has 1 aromatic carbocycles. The Kier molecular flexibility index (Phi) is 12.1. The van der Waals surface area contributed by atoms with Crippen LogP contribution in [0.15, 0.2) is 42.5 Å². The van der Waals surface area contributed by atoms with Gasteiger partial charge in [0.1, 0.15) is 24.2 Å². The molecule has 3 N–H and O–H groups in total. The zero-order valence-corrected chi connectivity index (χ0v) is 23.5. The van der Waals surface area contributed by atoms with Gasteiger partial charge in [-0.3, -0.25) is 9.69 Å². The quantitative estimate of drug-likeness (QED) is 0.239. The fourth-order valence-electron chi connectivity index (χ4n) is 4.60. The van der Waals surface area contributed by atoms with Gasteiger partial charge in [0.25, 0.3) is 0 Å². The summed E-state index contributed by atoms with van der Waals surface area (Å²) in [6, 6.07) is 12.5. The summed E-state index contributed by atoms with van der Waals surface area (Å²) in [6.45, 7) is 5.67. The van der Waals surface area contributed by atoms with Gasteiger partial charge >= 0.3 is 5.97 Å². The second-order valence-corrected chi connectivity index (χ2v) is 11.0. The van der Waals surface area contributed by atoms with Crippen molar-refractivity contribution in [3.63, 3.8) is 0 Å². The normalized spacial score (nSPS) is 13.9. The second kappa shape index (κ2) is 15.5. The van der Waals surface area contributed by atoms with E-state index in [1.807, 2.05) is 30.3 Å². The van der Waals surface area contributed by atoms with Crippen LogP contribution in [0, 0.1) is 5.41 Å². The molecule has 0 bridgehead atoms. The molecule has 1 aliphatic heterocycles. The Hall–Kier alpha value is -3.27. The third-order valence-corrected chi connectivity index (χ3v) is 7.10.